The molecule has 4 nitrogen and oxygen atoms in total. The minimum absolute atomic E-state index is 0.396. The van der Waals surface area contributed by atoms with Gasteiger partial charge < -0.3 is 14.9 Å². The first kappa shape index (κ1) is 16.8. The van der Waals surface area contributed by atoms with Gasteiger partial charge in [-0.1, -0.05) is 53.3 Å². The molecule has 1 atom stereocenters. The first-order valence-electron chi connectivity index (χ1n) is 8.57. The third kappa shape index (κ3) is 3.80. The minimum Gasteiger partial charge on any atom is -0.382 e. The highest BCUT2D eigenvalue weighted by Crippen LogP contribution is 2.30. The topological polar surface area (TPSA) is 40.8 Å². The van der Waals surface area contributed by atoms with Gasteiger partial charge in [-0.2, -0.15) is 0 Å². The number of aromatic nitrogens is 1. The number of hydrogen-bond donors (Lipinski definition) is 2. The molecule has 1 aliphatic heterocycles. The van der Waals surface area contributed by atoms with Crippen molar-refractivity contribution in [2.24, 2.45) is 0 Å². The number of nitrogens with zero attached hydrogens (tertiary/aromatic N) is 2. The second kappa shape index (κ2) is 7.30. The lowest BCUT2D eigenvalue weighted by Gasteiger charge is -2.33. The van der Waals surface area contributed by atoms with Crippen molar-refractivity contribution in [1.29, 1.82) is 0 Å². The van der Waals surface area contributed by atoms with Crippen LogP contribution in [0.25, 0.3) is 10.2 Å². The number of aliphatic hydroxyl groups excluding tert-OH is 1. The summed E-state index contributed by atoms with van der Waals surface area (Å²) in [7, 11) is 0. The average Bonchev–Trinajstić information content (AvgIpc) is 3.06. The molecule has 130 valence electrons. The molecule has 1 aliphatic rings. The van der Waals surface area contributed by atoms with Crippen molar-refractivity contribution in [3.63, 3.8) is 0 Å². The standard InChI is InChI=1S/C19H20ClN3OS/c20-15-6-7-16-18(12-15)25-19(21-16)23-10-8-22(9-11-23)13-17(24)14-4-2-1-3-5-14/h1-7,12,17,24H,8-11,13H2/p+1/t17-/m1/s1. The molecule has 2 aromatic carbocycles. The Bertz CT molecular complexity index is 846. The Morgan fingerprint density at radius 3 is 2.68 bits per heavy atom. The smallest absolute Gasteiger partial charge is 0.186 e. The molecule has 1 fully saturated rings. The molecule has 6 heteroatoms. The van der Waals surface area contributed by atoms with Crippen LogP contribution in [0.5, 0.6) is 0 Å². The Balaban J connectivity index is 1.37. The molecular weight excluding hydrogens is 354 g/mol. The van der Waals surface area contributed by atoms with Crippen LogP contribution in [0, 0.1) is 0 Å². The Morgan fingerprint density at radius 1 is 1.16 bits per heavy atom. The van der Waals surface area contributed by atoms with Crippen molar-refractivity contribution >= 4 is 38.3 Å². The van der Waals surface area contributed by atoms with Gasteiger partial charge >= 0.3 is 0 Å². The van der Waals surface area contributed by atoms with Crippen molar-refractivity contribution in [2.45, 2.75) is 6.10 Å². The van der Waals surface area contributed by atoms with E-state index >= 15 is 0 Å². The van der Waals surface area contributed by atoms with Gasteiger partial charge in [0, 0.05) is 5.02 Å². The summed E-state index contributed by atoms with van der Waals surface area (Å²) in [5.74, 6) is 0. The van der Waals surface area contributed by atoms with Gasteiger partial charge in [0.05, 0.1) is 36.4 Å². The maximum absolute atomic E-state index is 10.4. The molecule has 2 heterocycles. The second-order valence-corrected chi connectivity index (χ2v) is 7.92. The van der Waals surface area contributed by atoms with Crippen molar-refractivity contribution < 1.29 is 10.0 Å². The number of piperazine rings is 1. The van der Waals surface area contributed by atoms with Crippen LogP contribution in [-0.2, 0) is 0 Å². The zero-order valence-corrected chi connectivity index (χ0v) is 15.4. The van der Waals surface area contributed by atoms with Crippen LogP contribution < -0.4 is 9.80 Å². The van der Waals surface area contributed by atoms with E-state index in [1.165, 1.54) is 4.90 Å². The number of benzene rings is 2. The molecule has 0 aliphatic carbocycles. The molecule has 25 heavy (non-hydrogen) atoms. The number of thiazole rings is 1. The Hall–Kier alpha value is -1.66. The molecular formula is C19H21ClN3OS+. The van der Waals surface area contributed by atoms with Crippen molar-refractivity contribution in [1.82, 2.24) is 4.98 Å². The summed E-state index contributed by atoms with van der Waals surface area (Å²) in [5, 5.41) is 12.2. The number of rotatable bonds is 4. The molecule has 2 N–H and O–H groups in total. The van der Waals surface area contributed by atoms with E-state index in [1.807, 2.05) is 48.5 Å². The van der Waals surface area contributed by atoms with Gasteiger partial charge in [0.1, 0.15) is 12.6 Å². The van der Waals surface area contributed by atoms with Crippen molar-refractivity contribution in [3.8, 4) is 0 Å². The normalized spacial score (nSPS) is 17.1. The van der Waals surface area contributed by atoms with Gasteiger partial charge in [0.25, 0.3) is 0 Å². The minimum atomic E-state index is -0.396. The lowest BCUT2D eigenvalue weighted by atomic mass is 10.1. The summed E-state index contributed by atoms with van der Waals surface area (Å²) in [5.41, 5.74) is 2.01. The summed E-state index contributed by atoms with van der Waals surface area (Å²) in [4.78, 5) is 8.52. The van der Waals surface area contributed by atoms with Crippen LogP contribution >= 0.6 is 22.9 Å². The zero-order chi connectivity index (χ0) is 17.2. The van der Waals surface area contributed by atoms with E-state index in [9.17, 15) is 5.11 Å². The molecule has 1 aromatic heterocycles. The molecule has 1 saturated heterocycles. The van der Waals surface area contributed by atoms with Crippen LogP contribution in [0.1, 0.15) is 11.7 Å². The lowest BCUT2D eigenvalue weighted by Crippen LogP contribution is -3.15. The lowest BCUT2D eigenvalue weighted by molar-refractivity contribution is -0.904. The fourth-order valence-corrected chi connectivity index (χ4v) is 4.60. The molecule has 0 radical (unpaired) electrons. The van der Waals surface area contributed by atoms with Gasteiger partial charge in [-0.15, -0.1) is 0 Å². The number of quaternary nitrogens is 1. The van der Waals surface area contributed by atoms with E-state index < -0.39 is 6.10 Å². The maximum atomic E-state index is 10.4. The van der Waals surface area contributed by atoms with Crippen molar-refractivity contribution in [2.75, 3.05) is 37.6 Å². The predicted molar refractivity (Wildman–Crippen MR) is 104 cm³/mol. The van der Waals surface area contributed by atoms with E-state index in [4.69, 9.17) is 16.6 Å². The number of anilines is 1. The van der Waals surface area contributed by atoms with Crippen LogP contribution in [0.4, 0.5) is 5.13 Å². The highest BCUT2D eigenvalue weighted by Gasteiger charge is 2.24. The number of nitrogens with one attached hydrogen (secondary N) is 1. The van der Waals surface area contributed by atoms with Gasteiger partial charge in [-0.25, -0.2) is 4.98 Å². The van der Waals surface area contributed by atoms with E-state index in [1.54, 1.807) is 11.3 Å². The molecule has 0 unspecified atom stereocenters. The summed E-state index contributed by atoms with van der Waals surface area (Å²) in [6.07, 6.45) is -0.396. The van der Waals surface area contributed by atoms with E-state index in [0.29, 0.717) is 0 Å². The van der Waals surface area contributed by atoms with E-state index in [-0.39, 0.29) is 0 Å². The fourth-order valence-electron chi connectivity index (χ4n) is 3.31. The van der Waals surface area contributed by atoms with E-state index in [2.05, 4.69) is 4.90 Å². The summed E-state index contributed by atoms with van der Waals surface area (Å²) in [6.45, 7) is 4.71. The monoisotopic (exact) mass is 374 g/mol. The molecule has 0 saturated carbocycles. The Kier molecular flexibility index (Phi) is 4.90. The fraction of sp³-hybridized carbons (Fsp3) is 0.316. The first-order chi connectivity index (χ1) is 12.2. The highest BCUT2D eigenvalue weighted by molar-refractivity contribution is 7.22. The summed E-state index contributed by atoms with van der Waals surface area (Å²) >= 11 is 7.77. The van der Waals surface area contributed by atoms with Gasteiger partial charge in [0.2, 0.25) is 0 Å². The number of fused-ring (bicyclic) bond motifs is 1. The molecule has 0 spiro atoms. The maximum Gasteiger partial charge on any atom is 0.186 e. The average molecular weight is 375 g/mol. The SMILES string of the molecule is O[C@H](C[NH+]1CCN(c2nc3ccc(Cl)cc3s2)CC1)c1ccccc1. The Labute approximate surface area is 156 Å². The largest absolute Gasteiger partial charge is 0.382 e. The van der Waals surface area contributed by atoms with E-state index in [0.717, 1.165) is 58.7 Å². The third-order valence-electron chi connectivity index (χ3n) is 4.75. The molecule has 3 aromatic rings. The van der Waals surface area contributed by atoms with Gasteiger partial charge in [0.15, 0.2) is 5.13 Å². The molecule has 0 amide bonds. The van der Waals surface area contributed by atoms with Crippen LogP contribution in [-0.4, -0.2) is 42.8 Å². The summed E-state index contributed by atoms with van der Waals surface area (Å²) in [6, 6.07) is 15.8. The second-order valence-electron chi connectivity index (χ2n) is 6.48. The predicted octanol–water partition coefficient (Wildman–Crippen LogP) is 2.39. The highest BCUT2D eigenvalue weighted by atomic mass is 35.5. The first-order valence-corrected chi connectivity index (χ1v) is 9.76. The third-order valence-corrected chi connectivity index (χ3v) is 6.06. The number of aliphatic hydroxyl groups is 1. The summed E-state index contributed by atoms with van der Waals surface area (Å²) < 4.78 is 1.14. The number of halogens is 1. The Morgan fingerprint density at radius 2 is 1.92 bits per heavy atom. The zero-order valence-electron chi connectivity index (χ0n) is 13.9. The van der Waals surface area contributed by atoms with Crippen LogP contribution in [0.3, 0.4) is 0 Å². The van der Waals surface area contributed by atoms with Crippen molar-refractivity contribution in [3.05, 3.63) is 59.1 Å². The number of hydrogen-bond acceptors (Lipinski definition) is 4. The van der Waals surface area contributed by atoms with Crippen LogP contribution in [0.2, 0.25) is 5.02 Å². The van der Waals surface area contributed by atoms with Gasteiger partial charge in [-0.05, 0) is 23.8 Å². The molecule has 0 bridgehead atoms. The van der Waals surface area contributed by atoms with Crippen LogP contribution in [0.15, 0.2) is 48.5 Å². The molecule has 4 rings (SSSR count). The quantitative estimate of drug-likeness (QED) is 0.736. The van der Waals surface area contributed by atoms with Gasteiger partial charge in [-0.3, -0.25) is 0 Å².